The molecular formula is C17H29N3. The highest BCUT2D eigenvalue weighted by Crippen LogP contribution is 2.43. The van der Waals surface area contributed by atoms with Crippen molar-refractivity contribution in [3.63, 3.8) is 0 Å². The first-order valence-electron chi connectivity index (χ1n) is 8.56. The lowest BCUT2D eigenvalue weighted by atomic mass is 9.66. The molecule has 0 aliphatic heterocycles. The molecule has 1 heterocycles. The summed E-state index contributed by atoms with van der Waals surface area (Å²) in [6.07, 6.45) is 14.2. The molecule has 0 spiro atoms. The summed E-state index contributed by atoms with van der Waals surface area (Å²) in [5, 5.41) is 8.50. The van der Waals surface area contributed by atoms with Crippen LogP contribution in [0.2, 0.25) is 0 Å². The minimum atomic E-state index is 0.504. The zero-order valence-electron chi connectivity index (χ0n) is 12.9. The molecule has 112 valence electrons. The molecule has 0 unspecified atom stereocenters. The summed E-state index contributed by atoms with van der Waals surface area (Å²) in [6, 6.07) is 2.94. The van der Waals surface area contributed by atoms with Crippen molar-refractivity contribution >= 4 is 0 Å². The van der Waals surface area contributed by atoms with Crippen molar-refractivity contribution in [3.05, 3.63) is 18.0 Å². The van der Waals surface area contributed by atoms with E-state index in [-0.39, 0.29) is 0 Å². The van der Waals surface area contributed by atoms with Gasteiger partial charge in [0.15, 0.2) is 0 Å². The molecule has 0 amide bonds. The van der Waals surface area contributed by atoms with Crippen LogP contribution in [0, 0.1) is 5.41 Å². The molecule has 0 aromatic carbocycles. The zero-order chi connectivity index (χ0) is 13.8. The van der Waals surface area contributed by atoms with Crippen LogP contribution in [-0.2, 0) is 6.42 Å². The fraction of sp³-hybridized carbons (Fsp3) is 0.824. The number of nitrogens with zero attached hydrogens (tertiary/aromatic N) is 2. The van der Waals surface area contributed by atoms with E-state index in [1.165, 1.54) is 70.0 Å². The first kappa shape index (κ1) is 14.1. The maximum absolute atomic E-state index is 4.88. The van der Waals surface area contributed by atoms with Crippen LogP contribution < -0.4 is 5.32 Å². The molecular weight excluding hydrogens is 246 g/mol. The Kier molecular flexibility index (Phi) is 4.45. The Morgan fingerprint density at radius 1 is 1.30 bits per heavy atom. The van der Waals surface area contributed by atoms with Crippen molar-refractivity contribution in [2.75, 3.05) is 13.1 Å². The van der Waals surface area contributed by atoms with Crippen molar-refractivity contribution < 1.29 is 0 Å². The van der Waals surface area contributed by atoms with Crippen LogP contribution in [0.1, 0.15) is 70.0 Å². The molecule has 0 bridgehead atoms. The third-order valence-corrected chi connectivity index (χ3v) is 5.26. The van der Waals surface area contributed by atoms with E-state index in [4.69, 9.17) is 5.10 Å². The minimum Gasteiger partial charge on any atom is -0.316 e. The van der Waals surface area contributed by atoms with E-state index in [0.29, 0.717) is 11.5 Å². The summed E-state index contributed by atoms with van der Waals surface area (Å²) < 4.78 is 2.24. The number of rotatable bonds is 7. The largest absolute Gasteiger partial charge is 0.316 e. The van der Waals surface area contributed by atoms with Gasteiger partial charge in [-0.1, -0.05) is 26.2 Å². The van der Waals surface area contributed by atoms with Gasteiger partial charge < -0.3 is 5.32 Å². The Morgan fingerprint density at radius 3 is 2.75 bits per heavy atom. The van der Waals surface area contributed by atoms with Crippen LogP contribution in [0.4, 0.5) is 0 Å². The molecule has 0 atom stereocenters. The molecule has 20 heavy (non-hydrogen) atoms. The molecule has 1 aromatic rings. The van der Waals surface area contributed by atoms with Crippen LogP contribution in [-0.4, -0.2) is 22.9 Å². The van der Waals surface area contributed by atoms with Crippen molar-refractivity contribution in [1.29, 1.82) is 0 Å². The summed E-state index contributed by atoms with van der Waals surface area (Å²) in [5.41, 5.74) is 1.82. The van der Waals surface area contributed by atoms with Gasteiger partial charge in [-0.05, 0) is 56.6 Å². The van der Waals surface area contributed by atoms with Gasteiger partial charge in [0.25, 0.3) is 0 Å². The monoisotopic (exact) mass is 275 g/mol. The average Bonchev–Trinajstić information content (AvgIpc) is 3.06. The molecule has 1 N–H and O–H groups in total. The molecule has 2 aliphatic carbocycles. The molecule has 3 nitrogen and oxygen atoms in total. The van der Waals surface area contributed by atoms with Crippen molar-refractivity contribution in [2.45, 2.75) is 70.8 Å². The SMILES string of the molecule is CCCNCC1(Cc2ccn(C3CCCC3)n2)CCC1. The molecule has 3 heteroatoms. The number of hydrogen-bond donors (Lipinski definition) is 1. The average molecular weight is 275 g/mol. The van der Waals surface area contributed by atoms with Gasteiger partial charge in [-0.15, -0.1) is 0 Å². The van der Waals surface area contributed by atoms with Gasteiger partial charge in [0.2, 0.25) is 0 Å². The van der Waals surface area contributed by atoms with E-state index in [0.717, 1.165) is 6.54 Å². The van der Waals surface area contributed by atoms with Crippen molar-refractivity contribution in [1.82, 2.24) is 15.1 Å². The smallest absolute Gasteiger partial charge is 0.0630 e. The first-order valence-corrected chi connectivity index (χ1v) is 8.56. The molecule has 2 fully saturated rings. The van der Waals surface area contributed by atoms with E-state index in [1.54, 1.807) is 0 Å². The number of aromatic nitrogens is 2. The lowest BCUT2D eigenvalue weighted by Gasteiger charge is -2.42. The Labute approximate surface area is 123 Å². The van der Waals surface area contributed by atoms with E-state index in [1.807, 2.05) is 0 Å². The van der Waals surface area contributed by atoms with E-state index in [2.05, 4.69) is 29.2 Å². The van der Waals surface area contributed by atoms with Crippen molar-refractivity contribution in [3.8, 4) is 0 Å². The lowest BCUT2D eigenvalue weighted by molar-refractivity contribution is 0.128. The first-order chi connectivity index (χ1) is 9.81. The summed E-state index contributed by atoms with van der Waals surface area (Å²) in [5.74, 6) is 0. The summed E-state index contributed by atoms with van der Waals surface area (Å²) >= 11 is 0. The quantitative estimate of drug-likeness (QED) is 0.769. The highest BCUT2D eigenvalue weighted by molar-refractivity contribution is 5.07. The third-order valence-electron chi connectivity index (χ3n) is 5.26. The Balaban J connectivity index is 1.58. The second-order valence-electron chi connectivity index (χ2n) is 6.93. The van der Waals surface area contributed by atoms with Gasteiger partial charge in [0.05, 0.1) is 11.7 Å². The van der Waals surface area contributed by atoms with Crippen LogP contribution in [0.5, 0.6) is 0 Å². The highest BCUT2D eigenvalue weighted by Gasteiger charge is 2.37. The number of nitrogens with one attached hydrogen (secondary N) is 1. The predicted octanol–water partition coefficient (Wildman–Crippen LogP) is 3.71. The second-order valence-corrected chi connectivity index (χ2v) is 6.93. The summed E-state index contributed by atoms with van der Waals surface area (Å²) in [7, 11) is 0. The Hall–Kier alpha value is -0.830. The van der Waals surface area contributed by atoms with E-state index >= 15 is 0 Å². The highest BCUT2D eigenvalue weighted by atomic mass is 15.3. The van der Waals surface area contributed by atoms with Gasteiger partial charge >= 0.3 is 0 Å². The maximum atomic E-state index is 4.88. The fourth-order valence-electron chi connectivity index (χ4n) is 3.85. The summed E-state index contributed by atoms with van der Waals surface area (Å²) in [4.78, 5) is 0. The third kappa shape index (κ3) is 3.08. The maximum Gasteiger partial charge on any atom is 0.0630 e. The Bertz CT molecular complexity index is 414. The normalized spacial score (nSPS) is 22.1. The van der Waals surface area contributed by atoms with Gasteiger partial charge in [-0.25, -0.2) is 0 Å². The fourth-order valence-corrected chi connectivity index (χ4v) is 3.85. The molecule has 0 saturated heterocycles. The van der Waals surface area contributed by atoms with Crippen LogP contribution >= 0.6 is 0 Å². The van der Waals surface area contributed by atoms with Crippen molar-refractivity contribution in [2.24, 2.45) is 5.41 Å². The molecule has 1 aromatic heterocycles. The lowest BCUT2D eigenvalue weighted by Crippen LogP contribution is -2.42. The van der Waals surface area contributed by atoms with Gasteiger partial charge in [0.1, 0.15) is 0 Å². The van der Waals surface area contributed by atoms with Crippen LogP contribution in [0.15, 0.2) is 12.3 Å². The standard InChI is InChI=1S/C17H29N3/c1-2-11-18-14-17(9-5-10-17)13-15-8-12-20(19-15)16-6-3-4-7-16/h8,12,16,18H,2-7,9-11,13-14H2,1H3. The number of hydrogen-bond acceptors (Lipinski definition) is 2. The zero-order valence-corrected chi connectivity index (χ0v) is 12.9. The van der Waals surface area contributed by atoms with E-state index < -0.39 is 0 Å². The molecule has 3 rings (SSSR count). The van der Waals surface area contributed by atoms with Gasteiger partial charge in [-0.3, -0.25) is 4.68 Å². The van der Waals surface area contributed by atoms with E-state index in [9.17, 15) is 0 Å². The predicted molar refractivity (Wildman–Crippen MR) is 82.9 cm³/mol. The Morgan fingerprint density at radius 2 is 2.10 bits per heavy atom. The van der Waals surface area contributed by atoms with Gasteiger partial charge in [0, 0.05) is 12.7 Å². The topological polar surface area (TPSA) is 29.9 Å². The summed E-state index contributed by atoms with van der Waals surface area (Å²) in [6.45, 7) is 4.57. The minimum absolute atomic E-state index is 0.504. The second kappa shape index (κ2) is 6.30. The van der Waals surface area contributed by atoms with Crippen LogP contribution in [0.3, 0.4) is 0 Å². The molecule has 2 saturated carbocycles. The van der Waals surface area contributed by atoms with Gasteiger partial charge in [-0.2, -0.15) is 5.10 Å². The molecule has 2 aliphatic rings. The molecule has 0 radical (unpaired) electrons. The van der Waals surface area contributed by atoms with Crippen LogP contribution in [0.25, 0.3) is 0 Å².